The minimum atomic E-state index is -0.641. The van der Waals surface area contributed by atoms with E-state index in [9.17, 15) is 5.26 Å². The lowest BCUT2D eigenvalue weighted by atomic mass is 9.65. The van der Waals surface area contributed by atoms with Gasteiger partial charge >= 0.3 is 0 Å². The SMILES string of the molecule is N#Cc1ccc(-c2cccc3c2Oc2ccc(-c4nc5ccccc5n4-c4ccccc4)cc2C32c3ccccc3-c3ccccc32)cc1. The first-order chi connectivity index (χ1) is 24.3. The third kappa shape index (κ3) is 3.82. The third-order valence-electron chi connectivity index (χ3n) is 10.1. The maximum absolute atomic E-state index is 9.47. The molecule has 0 unspecified atom stereocenters. The molecule has 4 nitrogen and oxygen atoms in total. The monoisotopic (exact) mass is 625 g/mol. The summed E-state index contributed by atoms with van der Waals surface area (Å²) in [4.78, 5) is 5.22. The Labute approximate surface area is 283 Å². The average Bonchev–Trinajstić information content (AvgIpc) is 3.70. The Balaban J connectivity index is 1.29. The zero-order valence-electron chi connectivity index (χ0n) is 26.3. The van der Waals surface area contributed by atoms with E-state index in [-0.39, 0.29) is 0 Å². The zero-order valence-corrected chi connectivity index (χ0v) is 26.3. The zero-order chi connectivity index (χ0) is 32.5. The largest absolute Gasteiger partial charge is 0.456 e. The van der Waals surface area contributed by atoms with Crippen LogP contribution in [0.4, 0.5) is 0 Å². The van der Waals surface area contributed by atoms with Crippen LogP contribution in [0.25, 0.3) is 50.4 Å². The molecule has 0 bridgehead atoms. The number of benzene rings is 7. The first-order valence-electron chi connectivity index (χ1n) is 16.4. The van der Waals surface area contributed by atoms with E-state index in [1.165, 1.54) is 22.3 Å². The van der Waals surface area contributed by atoms with Crippen LogP contribution >= 0.6 is 0 Å². The number of fused-ring (bicyclic) bond motifs is 10. The highest BCUT2D eigenvalue weighted by molar-refractivity contribution is 5.91. The van der Waals surface area contributed by atoms with Crippen molar-refractivity contribution in [1.29, 1.82) is 5.26 Å². The molecule has 2 aliphatic rings. The summed E-state index contributed by atoms with van der Waals surface area (Å²) in [5.41, 5.74) is 13.1. The minimum absolute atomic E-state index is 0.629. The van der Waals surface area contributed by atoms with Crippen LogP contribution in [-0.2, 0) is 5.41 Å². The highest BCUT2D eigenvalue weighted by Gasteiger charge is 2.51. The lowest BCUT2D eigenvalue weighted by molar-refractivity contribution is 0.438. The third-order valence-corrected chi connectivity index (χ3v) is 10.1. The Morgan fingerprint density at radius 3 is 1.94 bits per heavy atom. The fraction of sp³-hybridized carbons (Fsp3) is 0.0222. The molecule has 0 fully saturated rings. The Kier molecular flexibility index (Phi) is 5.82. The molecule has 1 aliphatic carbocycles. The van der Waals surface area contributed by atoms with E-state index in [2.05, 4.69) is 138 Å². The Hall–Kier alpha value is -6.70. The van der Waals surface area contributed by atoms with Gasteiger partial charge in [-0.3, -0.25) is 4.57 Å². The van der Waals surface area contributed by atoms with Crippen molar-refractivity contribution in [3.63, 3.8) is 0 Å². The highest BCUT2D eigenvalue weighted by Crippen LogP contribution is 2.63. The molecule has 0 atom stereocenters. The predicted octanol–water partition coefficient (Wildman–Crippen LogP) is 10.7. The van der Waals surface area contributed by atoms with E-state index in [1.807, 2.05) is 36.4 Å². The first kappa shape index (κ1) is 27.4. The number of nitriles is 1. The van der Waals surface area contributed by atoms with Crippen LogP contribution in [0, 0.1) is 11.3 Å². The summed E-state index contributed by atoms with van der Waals surface area (Å²) < 4.78 is 9.26. The molecule has 0 N–H and O–H groups in total. The quantitative estimate of drug-likeness (QED) is 0.196. The van der Waals surface area contributed by atoms with E-state index in [0.717, 1.165) is 61.9 Å². The number of nitrogens with zero attached hydrogens (tertiary/aromatic N) is 3. The standard InChI is InChI=1S/C45H27N3O/c46-28-29-21-23-30(24-22-29)33-15-10-18-38-43(33)49-42-26-25-31(44-47-40-19-8-9-20-41(40)48(44)32-11-2-1-3-12-32)27-39(42)45(38)36-16-6-4-13-34(36)35-14-5-7-17-37(35)45/h1-27H. The van der Waals surface area contributed by atoms with Gasteiger partial charge in [-0.05, 0) is 82.4 Å². The van der Waals surface area contributed by atoms with Gasteiger partial charge < -0.3 is 4.74 Å². The molecule has 8 aromatic rings. The summed E-state index contributed by atoms with van der Waals surface area (Å²) in [7, 11) is 0. The van der Waals surface area contributed by atoms with Gasteiger partial charge in [0, 0.05) is 27.9 Å². The maximum Gasteiger partial charge on any atom is 0.145 e. The smallest absolute Gasteiger partial charge is 0.145 e. The number of para-hydroxylation sites is 4. The van der Waals surface area contributed by atoms with Crippen molar-refractivity contribution in [2.45, 2.75) is 5.41 Å². The number of rotatable bonds is 3. The Bertz CT molecular complexity index is 2600. The molecule has 7 aromatic carbocycles. The Morgan fingerprint density at radius 2 is 1.18 bits per heavy atom. The summed E-state index contributed by atoms with van der Waals surface area (Å²) in [5, 5.41) is 9.47. The van der Waals surface area contributed by atoms with Crippen LogP contribution in [0.2, 0.25) is 0 Å². The number of aromatic nitrogens is 2. The number of imidazole rings is 1. The second-order valence-corrected chi connectivity index (χ2v) is 12.6. The summed E-state index contributed by atoms with van der Waals surface area (Å²) in [6.07, 6.45) is 0. The van der Waals surface area contributed by atoms with Gasteiger partial charge in [0.15, 0.2) is 0 Å². The van der Waals surface area contributed by atoms with Crippen molar-refractivity contribution in [2.75, 3.05) is 0 Å². The van der Waals surface area contributed by atoms with Gasteiger partial charge in [0.2, 0.25) is 0 Å². The fourth-order valence-electron chi connectivity index (χ4n) is 8.07. The molecule has 0 amide bonds. The number of hydrogen-bond acceptors (Lipinski definition) is 3. The molecule has 4 heteroatoms. The molecule has 49 heavy (non-hydrogen) atoms. The molecule has 0 saturated carbocycles. The number of ether oxygens (including phenoxy) is 1. The van der Waals surface area contributed by atoms with Crippen LogP contribution < -0.4 is 4.74 Å². The van der Waals surface area contributed by atoms with Crippen LogP contribution in [0.1, 0.15) is 27.8 Å². The van der Waals surface area contributed by atoms with Crippen molar-refractivity contribution in [3.05, 3.63) is 192 Å². The van der Waals surface area contributed by atoms with E-state index in [4.69, 9.17) is 9.72 Å². The molecule has 0 saturated heterocycles. The second-order valence-electron chi connectivity index (χ2n) is 12.6. The molecule has 1 spiro atoms. The van der Waals surface area contributed by atoms with Gasteiger partial charge in [-0.15, -0.1) is 0 Å². The van der Waals surface area contributed by atoms with Crippen molar-refractivity contribution in [1.82, 2.24) is 9.55 Å². The van der Waals surface area contributed by atoms with Crippen LogP contribution in [-0.4, -0.2) is 9.55 Å². The van der Waals surface area contributed by atoms with Gasteiger partial charge in [0.05, 0.1) is 28.1 Å². The van der Waals surface area contributed by atoms with Crippen molar-refractivity contribution < 1.29 is 4.74 Å². The topological polar surface area (TPSA) is 50.8 Å². The minimum Gasteiger partial charge on any atom is -0.456 e. The normalized spacial score (nSPS) is 13.2. The van der Waals surface area contributed by atoms with Crippen LogP contribution in [0.5, 0.6) is 11.5 Å². The second kappa shape index (κ2) is 10.4. The maximum atomic E-state index is 9.47. The van der Waals surface area contributed by atoms with Gasteiger partial charge in [-0.1, -0.05) is 109 Å². The predicted molar refractivity (Wildman–Crippen MR) is 194 cm³/mol. The van der Waals surface area contributed by atoms with Gasteiger partial charge in [0.1, 0.15) is 17.3 Å². The van der Waals surface area contributed by atoms with Crippen LogP contribution in [0.15, 0.2) is 164 Å². The summed E-state index contributed by atoms with van der Waals surface area (Å²) in [6.45, 7) is 0. The molecular formula is C45H27N3O. The fourth-order valence-corrected chi connectivity index (χ4v) is 8.07. The van der Waals surface area contributed by atoms with E-state index >= 15 is 0 Å². The van der Waals surface area contributed by atoms with E-state index in [0.29, 0.717) is 5.56 Å². The van der Waals surface area contributed by atoms with E-state index in [1.54, 1.807) is 0 Å². The molecule has 228 valence electrons. The van der Waals surface area contributed by atoms with Crippen molar-refractivity contribution >= 4 is 11.0 Å². The lowest BCUT2D eigenvalue weighted by Crippen LogP contribution is -2.32. The Morgan fingerprint density at radius 1 is 0.551 bits per heavy atom. The first-order valence-corrected chi connectivity index (χ1v) is 16.4. The summed E-state index contributed by atoms with van der Waals surface area (Å²) >= 11 is 0. The number of hydrogen-bond donors (Lipinski definition) is 0. The molecule has 1 aliphatic heterocycles. The van der Waals surface area contributed by atoms with Gasteiger partial charge in [-0.25, -0.2) is 4.98 Å². The molecule has 0 radical (unpaired) electrons. The highest BCUT2D eigenvalue weighted by atomic mass is 16.5. The molecule has 1 aromatic heterocycles. The van der Waals surface area contributed by atoms with Crippen molar-refractivity contribution in [3.8, 4) is 56.9 Å². The van der Waals surface area contributed by atoms with E-state index < -0.39 is 5.41 Å². The molecule has 2 heterocycles. The lowest BCUT2D eigenvalue weighted by Gasteiger charge is -2.40. The van der Waals surface area contributed by atoms with Crippen LogP contribution in [0.3, 0.4) is 0 Å². The van der Waals surface area contributed by atoms with Crippen molar-refractivity contribution in [2.24, 2.45) is 0 Å². The van der Waals surface area contributed by atoms with Gasteiger partial charge in [-0.2, -0.15) is 5.26 Å². The summed E-state index contributed by atoms with van der Waals surface area (Å²) in [5.74, 6) is 2.52. The van der Waals surface area contributed by atoms with Gasteiger partial charge in [0.25, 0.3) is 0 Å². The average molecular weight is 626 g/mol. The summed E-state index contributed by atoms with van der Waals surface area (Å²) in [6, 6.07) is 59.3. The molecular weight excluding hydrogens is 599 g/mol. The molecule has 10 rings (SSSR count).